The highest BCUT2D eigenvalue weighted by Crippen LogP contribution is 2.29. The Kier molecular flexibility index (Phi) is 26.5. The smallest absolute Gasteiger partial charge is 0.166 e. The van der Waals surface area contributed by atoms with Gasteiger partial charge in [0.05, 0.1) is 5.56 Å². The Morgan fingerprint density at radius 2 is 0.713 bits per heavy atom. The van der Waals surface area contributed by atoms with Gasteiger partial charge < -0.3 is 0 Å². The van der Waals surface area contributed by atoms with Gasteiger partial charge in [0.2, 0.25) is 0 Å². The van der Waals surface area contributed by atoms with Crippen LogP contribution in [-0.4, -0.2) is 0 Å². The number of halogens is 3. The van der Waals surface area contributed by atoms with E-state index < -0.39 is 11.7 Å². The van der Waals surface area contributed by atoms with Gasteiger partial charge in [0.25, 0.3) is 0 Å². The molecule has 1 aliphatic carbocycles. The number of hydrogen-bond acceptors (Lipinski definition) is 0. The van der Waals surface area contributed by atoms with Crippen LogP contribution < -0.4 is 0 Å². The van der Waals surface area contributed by atoms with E-state index in [4.69, 9.17) is 0 Å². The lowest BCUT2D eigenvalue weighted by Crippen LogP contribution is -2.10. The average Bonchev–Trinajstić information content (AvgIpc) is 3.44. The highest BCUT2D eigenvalue weighted by atomic mass is 19.4. The third-order valence-electron chi connectivity index (χ3n) is 14.1. The minimum atomic E-state index is -4.21. The Morgan fingerprint density at radius 1 is 0.300 bits per heavy atom. The van der Waals surface area contributed by atoms with Crippen LogP contribution in [0, 0.1) is 83.1 Å². The molecule has 80 heavy (non-hydrogen) atoms. The Morgan fingerprint density at radius 3 is 1.20 bits per heavy atom. The quantitative estimate of drug-likeness (QED) is 0.142. The fraction of sp³-hybridized carbons (Fsp3) is 0.273. The molecule has 0 saturated carbocycles. The highest BCUT2D eigenvalue weighted by Gasteiger charge is 2.29. The maximum atomic E-state index is 11.9. The van der Waals surface area contributed by atoms with Crippen LogP contribution in [0.4, 0.5) is 13.2 Å². The topological polar surface area (TPSA) is 0 Å². The lowest BCUT2D eigenvalue weighted by atomic mass is 9.87. The summed E-state index contributed by atoms with van der Waals surface area (Å²) in [6.07, 6.45) is 1.17. The van der Waals surface area contributed by atoms with Crippen molar-refractivity contribution in [3.63, 3.8) is 0 Å². The van der Waals surface area contributed by atoms with Crippen molar-refractivity contribution in [1.82, 2.24) is 0 Å². The first-order chi connectivity index (χ1) is 37.9. The predicted octanol–water partition coefficient (Wildman–Crippen LogP) is 22.7. The van der Waals surface area contributed by atoms with E-state index in [1.165, 1.54) is 126 Å². The van der Waals surface area contributed by atoms with Gasteiger partial charge in [-0.3, -0.25) is 0 Å². The predicted molar refractivity (Wildman–Crippen MR) is 344 cm³/mol. The van der Waals surface area contributed by atoms with E-state index in [2.05, 4.69) is 273 Å². The largest absolute Gasteiger partial charge is 0.416 e. The van der Waals surface area contributed by atoms with Gasteiger partial charge in [0, 0.05) is 0 Å². The second-order valence-corrected chi connectivity index (χ2v) is 22.4. The molecular formula is C77H89F3. The van der Waals surface area contributed by atoms with Crippen molar-refractivity contribution in [2.45, 2.75) is 141 Å². The minimum absolute atomic E-state index is 0.285. The first-order valence-corrected chi connectivity index (χ1v) is 28.2. The molecule has 0 N–H and O–H groups in total. The molecule has 1 aliphatic rings. The van der Waals surface area contributed by atoms with Crippen molar-refractivity contribution in [3.8, 4) is 0 Å². The number of hydrogen-bond donors (Lipinski definition) is 0. The summed E-state index contributed by atoms with van der Waals surface area (Å²) in [5.41, 5.74) is 20.2. The summed E-state index contributed by atoms with van der Waals surface area (Å²) in [4.78, 5) is 0. The van der Waals surface area contributed by atoms with E-state index in [0.717, 1.165) is 17.7 Å². The fourth-order valence-corrected chi connectivity index (χ4v) is 8.89. The number of fused-ring (bicyclic) bond motifs is 3. The van der Waals surface area contributed by atoms with Crippen molar-refractivity contribution in [1.29, 1.82) is 0 Å². The number of benzene rings is 10. The van der Waals surface area contributed by atoms with Gasteiger partial charge in [-0.05, 0) is 192 Å². The summed E-state index contributed by atoms with van der Waals surface area (Å²) in [6.45, 7) is 32.0. The number of rotatable bonds is 0. The van der Waals surface area contributed by atoms with Crippen LogP contribution in [0.25, 0.3) is 21.5 Å². The van der Waals surface area contributed by atoms with Gasteiger partial charge in [-0.2, -0.15) is 13.2 Å². The van der Waals surface area contributed by atoms with Gasteiger partial charge in [-0.1, -0.05) is 266 Å². The second-order valence-electron chi connectivity index (χ2n) is 22.4. The molecule has 10 aromatic rings. The van der Waals surface area contributed by atoms with Gasteiger partial charge in [-0.15, -0.1) is 0 Å². The maximum Gasteiger partial charge on any atom is 0.416 e. The van der Waals surface area contributed by atoms with Crippen molar-refractivity contribution in [2.24, 2.45) is 0 Å². The molecular weight excluding hydrogens is 982 g/mol. The zero-order valence-corrected chi connectivity index (χ0v) is 50.7. The molecule has 0 bridgehead atoms. The van der Waals surface area contributed by atoms with E-state index in [0.29, 0.717) is 0 Å². The van der Waals surface area contributed by atoms with Gasteiger partial charge in [0.1, 0.15) is 0 Å². The first kappa shape index (κ1) is 65.0. The van der Waals surface area contributed by atoms with Crippen LogP contribution in [0.2, 0.25) is 0 Å². The van der Waals surface area contributed by atoms with Crippen LogP contribution in [0.15, 0.2) is 218 Å². The normalized spacial score (nSPS) is 11.2. The third-order valence-corrected chi connectivity index (χ3v) is 14.1. The fourth-order valence-electron chi connectivity index (χ4n) is 8.89. The van der Waals surface area contributed by atoms with Crippen LogP contribution in [0.5, 0.6) is 0 Å². The summed E-state index contributed by atoms with van der Waals surface area (Å²) >= 11 is 0. The van der Waals surface area contributed by atoms with Crippen molar-refractivity contribution in [3.05, 3.63) is 307 Å². The molecule has 0 aromatic heterocycles. The van der Waals surface area contributed by atoms with E-state index in [1.807, 2.05) is 18.2 Å². The third kappa shape index (κ3) is 23.5. The summed E-state index contributed by atoms with van der Waals surface area (Å²) in [5, 5.41) is 5.33. The monoisotopic (exact) mass is 1070 g/mol. The summed E-state index contributed by atoms with van der Waals surface area (Å²) in [6, 6.07) is 73.4. The van der Waals surface area contributed by atoms with Crippen LogP contribution in [-0.2, 0) is 24.4 Å². The van der Waals surface area contributed by atoms with Gasteiger partial charge in [0.15, 0.2) is 0 Å². The maximum absolute atomic E-state index is 11.9. The summed E-state index contributed by atoms with van der Waals surface area (Å²) in [7, 11) is 0. The molecule has 11 rings (SSSR count). The Balaban J connectivity index is 0.000000198. The van der Waals surface area contributed by atoms with E-state index in [1.54, 1.807) is 18.1 Å². The average molecular weight is 1070 g/mol. The van der Waals surface area contributed by atoms with Gasteiger partial charge in [-0.25, -0.2) is 0 Å². The van der Waals surface area contributed by atoms with E-state index in [9.17, 15) is 13.2 Å². The molecule has 0 nitrogen and oxygen atoms in total. The minimum Gasteiger partial charge on any atom is -0.166 e. The first-order valence-electron chi connectivity index (χ1n) is 28.2. The summed E-state index contributed by atoms with van der Waals surface area (Å²) in [5.74, 6) is 0. The van der Waals surface area contributed by atoms with E-state index >= 15 is 0 Å². The molecule has 0 aliphatic heterocycles. The van der Waals surface area contributed by atoms with Crippen molar-refractivity contribution >= 4 is 21.5 Å². The molecule has 10 aromatic carbocycles. The molecule has 0 fully saturated rings. The highest BCUT2D eigenvalue weighted by molar-refractivity contribution is 5.85. The molecule has 0 saturated heterocycles. The molecule has 0 spiro atoms. The standard InChI is InChI=1S/C11H14.2C11H10.C11H16.C10H14.C8H7F3.C8H10.C7H8/c2*1-9-5-4-7-10-6-2-3-8-11(9)10;1-9-6-7-10-4-2-3-5-11(10)8-9;1-9-5-7-10(8-6-9)11(2,3)4;1-7-5-8(2)10(4)9(3)6-7;1-6-2-4-7(5-3-6)8(9,10)11;1-7-3-5-8(2)6-4-7;1-7-5-3-2-4-6-7/h4-5,7H,2-3,6,8H2,1H3;2*2-8H,1H3;5-8H,1-4H3;5-6H,1-4H3;2-5H,1H3;3-6H,1-2H3;2-6H,1H3. The van der Waals surface area contributed by atoms with Crippen molar-refractivity contribution in [2.75, 3.05) is 0 Å². The van der Waals surface area contributed by atoms with Gasteiger partial charge >= 0.3 is 6.18 Å². The Bertz CT molecular complexity index is 3260. The Hall–Kier alpha value is -7.49. The lowest BCUT2D eigenvalue weighted by molar-refractivity contribution is -0.137. The molecule has 0 heterocycles. The zero-order chi connectivity index (χ0) is 58.8. The van der Waals surface area contributed by atoms with Crippen LogP contribution >= 0.6 is 0 Å². The summed E-state index contributed by atoms with van der Waals surface area (Å²) < 4.78 is 35.8. The molecule has 0 radical (unpaired) electrons. The zero-order valence-electron chi connectivity index (χ0n) is 50.7. The SMILES string of the molecule is Cc1cc(C)c(C)c(C)c1.Cc1ccc(C(C)(C)C)cc1.Cc1ccc(C(F)(F)F)cc1.Cc1ccc(C)cc1.Cc1ccc2ccccc2c1.Cc1cccc2c1CCCC2.Cc1cccc2ccccc12.Cc1ccccc1. The van der Waals surface area contributed by atoms with Crippen LogP contribution in [0.1, 0.15) is 123 Å². The molecule has 0 atom stereocenters. The van der Waals surface area contributed by atoms with Crippen LogP contribution in [0.3, 0.4) is 0 Å². The van der Waals surface area contributed by atoms with Crippen molar-refractivity contribution < 1.29 is 13.2 Å². The Labute approximate surface area is 480 Å². The number of alkyl halides is 3. The molecule has 3 heteroatoms. The number of aryl methyl sites for hydroxylation is 12. The lowest BCUT2D eigenvalue weighted by Gasteiger charge is -2.18. The molecule has 418 valence electrons. The van der Waals surface area contributed by atoms with E-state index in [-0.39, 0.29) is 5.41 Å². The molecule has 0 unspecified atom stereocenters. The molecule has 0 amide bonds. The second kappa shape index (κ2) is 32.6.